The van der Waals surface area contributed by atoms with Gasteiger partial charge in [-0.3, -0.25) is 14.3 Å². The Morgan fingerprint density at radius 2 is 1.83 bits per heavy atom. The van der Waals surface area contributed by atoms with Crippen molar-refractivity contribution in [3.8, 4) is 0 Å². The number of nitrogens with zero attached hydrogens (tertiary/aromatic N) is 2. The van der Waals surface area contributed by atoms with E-state index in [0.717, 1.165) is 10.9 Å². The van der Waals surface area contributed by atoms with Crippen LogP contribution in [0.4, 0.5) is 18.9 Å². The van der Waals surface area contributed by atoms with Crippen LogP contribution < -0.4 is 10.6 Å². The topological polar surface area (TPSA) is 89.2 Å². The number of rotatable bonds is 6. The molecule has 0 saturated carbocycles. The molecule has 3 aromatic rings. The number of halogens is 3. The molecular formula is C20H19F3N4O3. The number of aromatic nitrogens is 2. The summed E-state index contributed by atoms with van der Waals surface area (Å²) in [7, 11) is 0. The molecule has 0 unspecified atom stereocenters. The first kappa shape index (κ1) is 21.2. The summed E-state index contributed by atoms with van der Waals surface area (Å²) >= 11 is 0. The van der Waals surface area contributed by atoms with Gasteiger partial charge in [0.1, 0.15) is 0 Å². The molecule has 0 atom stereocenters. The van der Waals surface area contributed by atoms with Crippen LogP contribution >= 0.6 is 0 Å². The molecule has 158 valence electrons. The summed E-state index contributed by atoms with van der Waals surface area (Å²) in [5.74, 6) is -1.12. The molecule has 1 aromatic carbocycles. The van der Waals surface area contributed by atoms with Gasteiger partial charge < -0.3 is 15.1 Å². The Morgan fingerprint density at radius 3 is 2.40 bits per heavy atom. The van der Waals surface area contributed by atoms with Crippen LogP contribution in [0.25, 0.3) is 0 Å². The summed E-state index contributed by atoms with van der Waals surface area (Å²) < 4.78 is 46.0. The third-order valence-electron chi connectivity index (χ3n) is 4.21. The van der Waals surface area contributed by atoms with E-state index in [2.05, 4.69) is 15.7 Å². The molecule has 2 aromatic heterocycles. The minimum Gasteiger partial charge on any atom is -0.459 e. The quantitative estimate of drug-likeness (QED) is 0.624. The van der Waals surface area contributed by atoms with E-state index in [-0.39, 0.29) is 12.3 Å². The minimum absolute atomic E-state index is 0.00932. The van der Waals surface area contributed by atoms with Crippen LogP contribution in [0.15, 0.2) is 53.3 Å². The van der Waals surface area contributed by atoms with Crippen molar-refractivity contribution in [2.75, 3.05) is 5.32 Å². The van der Waals surface area contributed by atoms with Gasteiger partial charge in [0.25, 0.3) is 11.8 Å². The van der Waals surface area contributed by atoms with Gasteiger partial charge in [0.15, 0.2) is 11.5 Å². The van der Waals surface area contributed by atoms with Crippen molar-refractivity contribution in [3.05, 3.63) is 71.4 Å². The van der Waals surface area contributed by atoms with Crippen LogP contribution in [-0.2, 0) is 12.7 Å². The molecule has 0 spiro atoms. The molecule has 7 nitrogen and oxygen atoms in total. The highest BCUT2D eigenvalue weighted by Crippen LogP contribution is 2.33. The molecule has 0 radical (unpaired) electrons. The Morgan fingerprint density at radius 1 is 1.13 bits per heavy atom. The molecule has 0 aliphatic heterocycles. The maximum atomic E-state index is 13.4. The summed E-state index contributed by atoms with van der Waals surface area (Å²) in [6.45, 7) is 3.11. The van der Waals surface area contributed by atoms with Crippen molar-refractivity contribution in [1.82, 2.24) is 15.1 Å². The Balaban J connectivity index is 1.65. The first-order valence-electron chi connectivity index (χ1n) is 9.03. The molecule has 2 amide bonds. The summed E-state index contributed by atoms with van der Waals surface area (Å²) in [5.41, 5.74) is -0.460. The van der Waals surface area contributed by atoms with Gasteiger partial charge in [0.05, 0.1) is 18.0 Å². The molecule has 0 saturated heterocycles. The number of amides is 2. The van der Waals surface area contributed by atoms with E-state index in [1.165, 1.54) is 12.3 Å². The third kappa shape index (κ3) is 4.70. The monoisotopic (exact) mass is 420 g/mol. The SMILES string of the molecule is CC(C)n1ncc(C(=O)NCc2ccc(NC(=O)c3ccco3)cc2)c1C(F)(F)F. The van der Waals surface area contributed by atoms with Gasteiger partial charge in [0, 0.05) is 18.3 Å². The van der Waals surface area contributed by atoms with E-state index in [9.17, 15) is 22.8 Å². The summed E-state index contributed by atoms with van der Waals surface area (Å²) in [6.07, 6.45) is -2.40. The number of carbonyl (C=O) groups is 2. The van der Waals surface area contributed by atoms with Gasteiger partial charge in [-0.1, -0.05) is 12.1 Å². The van der Waals surface area contributed by atoms with Crippen LogP contribution in [0, 0.1) is 0 Å². The zero-order chi connectivity index (χ0) is 21.9. The fourth-order valence-electron chi connectivity index (χ4n) is 2.79. The Labute approximate surface area is 169 Å². The molecule has 0 fully saturated rings. The largest absolute Gasteiger partial charge is 0.459 e. The van der Waals surface area contributed by atoms with E-state index in [0.29, 0.717) is 11.3 Å². The van der Waals surface area contributed by atoms with Crippen LogP contribution in [0.5, 0.6) is 0 Å². The highest BCUT2D eigenvalue weighted by molar-refractivity contribution is 6.02. The zero-order valence-corrected chi connectivity index (χ0v) is 16.2. The average Bonchev–Trinajstić information content (AvgIpc) is 3.36. The second-order valence-corrected chi connectivity index (χ2v) is 6.75. The molecule has 0 bridgehead atoms. The zero-order valence-electron chi connectivity index (χ0n) is 16.2. The minimum atomic E-state index is -4.71. The summed E-state index contributed by atoms with van der Waals surface area (Å²) in [6, 6.07) is 9.07. The molecule has 10 heteroatoms. The van der Waals surface area contributed by atoms with Crippen molar-refractivity contribution >= 4 is 17.5 Å². The van der Waals surface area contributed by atoms with Crippen LogP contribution in [0.3, 0.4) is 0 Å². The molecule has 2 N–H and O–H groups in total. The van der Waals surface area contributed by atoms with Gasteiger partial charge in [-0.25, -0.2) is 0 Å². The normalized spacial score (nSPS) is 11.5. The highest BCUT2D eigenvalue weighted by Gasteiger charge is 2.40. The number of anilines is 1. The third-order valence-corrected chi connectivity index (χ3v) is 4.21. The number of furan rings is 1. The lowest BCUT2D eigenvalue weighted by atomic mass is 10.1. The van der Waals surface area contributed by atoms with Crippen molar-refractivity contribution in [2.45, 2.75) is 32.6 Å². The standard InChI is InChI=1S/C20H19F3N4O3/c1-12(2)27-17(20(21,22)23)15(11-25-27)18(28)24-10-13-5-7-14(8-6-13)26-19(29)16-4-3-9-30-16/h3-9,11-12H,10H2,1-2H3,(H,24,28)(H,26,29). The lowest BCUT2D eigenvalue weighted by Gasteiger charge is -2.15. The predicted octanol–water partition coefficient (Wildman–Crippen LogP) is 4.26. The number of nitrogens with one attached hydrogen (secondary N) is 2. The molecule has 3 rings (SSSR count). The average molecular weight is 420 g/mol. The number of alkyl halides is 3. The number of hydrogen-bond donors (Lipinski definition) is 2. The second kappa shape index (κ2) is 8.44. The van der Waals surface area contributed by atoms with Gasteiger partial charge in [-0.05, 0) is 43.7 Å². The number of carbonyl (C=O) groups excluding carboxylic acids is 2. The van der Waals surface area contributed by atoms with Crippen molar-refractivity contribution < 1.29 is 27.2 Å². The second-order valence-electron chi connectivity index (χ2n) is 6.75. The van der Waals surface area contributed by atoms with Crippen molar-refractivity contribution in [1.29, 1.82) is 0 Å². The summed E-state index contributed by atoms with van der Waals surface area (Å²) in [5, 5.41) is 8.82. The predicted molar refractivity (Wildman–Crippen MR) is 102 cm³/mol. The maximum absolute atomic E-state index is 13.4. The van der Waals surface area contributed by atoms with Crippen molar-refractivity contribution in [3.63, 3.8) is 0 Å². The van der Waals surface area contributed by atoms with E-state index < -0.39 is 35.3 Å². The van der Waals surface area contributed by atoms with Crippen LogP contribution in [0.2, 0.25) is 0 Å². The first-order chi connectivity index (χ1) is 14.2. The maximum Gasteiger partial charge on any atom is 0.433 e. The highest BCUT2D eigenvalue weighted by atomic mass is 19.4. The van der Waals surface area contributed by atoms with Crippen LogP contribution in [-0.4, -0.2) is 21.6 Å². The van der Waals surface area contributed by atoms with Gasteiger partial charge in [-0.2, -0.15) is 18.3 Å². The Kier molecular flexibility index (Phi) is 5.95. The Bertz CT molecular complexity index is 1020. The molecular weight excluding hydrogens is 401 g/mol. The van der Waals surface area contributed by atoms with Crippen LogP contribution in [0.1, 0.15) is 52.1 Å². The van der Waals surface area contributed by atoms with E-state index >= 15 is 0 Å². The molecule has 30 heavy (non-hydrogen) atoms. The molecule has 2 heterocycles. The number of benzene rings is 1. The lowest BCUT2D eigenvalue weighted by Crippen LogP contribution is -2.27. The first-order valence-corrected chi connectivity index (χ1v) is 9.03. The lowest BCUT2D eigenvalue weighted by molar-refractivity contribution is -0.145. The fraction of sp³-hybridized carbons (Fsp3) is 0.250. The summed E-state index contributed by atoms with van der Waals surface area (Å²) in [4.78, 5) is 24.3. The van der Waals surface area contributed by atoms with Crippen molar-refractivity contribution in [2.24, 2.45) is 0 Å². The molecule has 0 aliphatic carbocycles. The number of hydrogen-bond acceptors (Lipinski definition) is 4. The molecule has 0 aliphatic rings. The fourth-order valence-corrected chi connectivity index (χ4v) is 2.79. The van der Waals surface area contributed by atoms with E-state index in [1.54, 1.807) is 44.2 Å². The van der Waals surface area contributed by atoms with Gasteiger partial charge in [0.2, 0.25) is 0 Å². The van der Waals surface area contributed by atoms with Gasteiger partial charge in [-0.15, -0.1) is 0 Å². The van der Waals surface area contributed by atoms with E-state index in [4.69, 9.17) is 4.42 Å². The smallest absolute Gasteiger partial charge is 0.433 e. The van der Waals surface area contributed by atoms with Gasteiger partial charge >= 0.3 is 6.18 Å². The Hall–Kier alpha value is -3.56. The van der Waals surface area contributed by atoms with E-state index in [1.807, 2.05) is 0 Å².